The molecule has 0 fully saturated rings. The summed E-state index contributed by atoms with van der Waals surface area (Å²) in [5.41, 5.74) is 1.88. The second-order valence-corrected chi connectivity index (χ2v) is 11.9. The summed E-state index contributed by atoms with van der Waals surface area (Å²) < 4.78 is 0.822. The van der Waals surface area contributed by atoms with Crippen molar-refractivity contribution in [2.24, 2.45) is 0 Å². The molecular formula is C32H25BrClN3O5S. The van der Waals surface area contributed by atoms with E-state index in [1.54, 1.807) is 67.6 Å². The molecule has 1 atom stereocenters. The molecule has 11 heteroatoms. The quantitative estimate of drug-likeness (QED) is 0.103. The average molecular weight is 679 g/mol. The van der Waals surface area contributed by atoms with Crippen LogP contribution >= 0.6 is 39.3 Å². The standard InChI is InChI=1S/C32H25BrClN3O5S/c1-19(29(38)36-27-18-22(32(41)42)10-15-26(27)34)43-25-13-11-24(12-14-25)35-31(40)28(17-20-6-5-9-23(33)16-20)37-30(39)21-7-3-2-4-8-21/h2-19H,1H3,(H,35,40)(H,36,38)(H,37,39)(H,41,42)/b28-17-. The SMILES string of the molecule is CC(Sc1ccc(NC(=O)/C(=C/c2cccc(Br)c2)NC(=O)c2ccccc2)cc1)C(=O)Nc1cc(C(=O)O)ccc1Cl. The fourth-order valence-electron chi connectivity index (χ4n) is 3.77. The summed E-state index contributed by atoms with van der Waals surface area (Å²) in [6.45, 7) is 1.71. The van der Waals surface area contributed by atoms with Crippen molar-refractivity contribution in [1.29, 1.82) is 0 Å². The lowest BCUT2D eigenvalue weighted by atomic mass is 10.1. The minimum atomic E-state index is -1.13. The van der Waals surface area contributed by atoms with Gasteiger partial charge in [0.05, 0.1) is 21.5 Å². The average Bonchev–Trinajstić information content (AvgIpc) is 2.99. The van der Waals surface area contributed by atoms with Gasteiger partial charge in [-0.15, -0.1) is 11.8 Å². The van der Waals surface area contributed by atoms with Crippen LogP contribution in [0.15, 0.2) is 112 Å². The first-order valence-electron chi connectivity index (χ1n) is 12.8. The van der Waals surface area contributed by atoms with Crippen molar-refractivity contribution in [2.75, 3.05) is 10.6 Å². The highest BCUT2D eigenvalue weighted by Gasteiger charge is 2.18. The van der Waals surface area contributed by atoms with Gasteiger partial charge in [-0.1, -0.05) is 57.9 Å². The van der Waals surface area contributed by atoms with Crippen LogP contribution in [0, 0.1) is 0 Å². The number of anilines is 2. The zero-order valence-electron chi connectivity index (χ0n) is 22.6. The molecule has 43 heavy (non-hydrogen) atoms. The number of aromatic carboxylic acids is 1. The number of thioether (sulfide) groups is 1. The lowest BCUT2D eigenvalue weighted by Gasteiger charge is -2.14. The van der Waals surface area contributed by atoms with Crippen LogP contribution in [-0.2, 0) is 9.59 Å². The molecule has 0 saturated carbocycles. The summed E-state index contributed by atoms with van der Waals surface area (Å²) in [5.74, 6) is -2.43. The molecule has 8 nitrogen and oxygen atoms in total. The van der Waals surface area contributed by atoms with E-state index in [0.717, 1.165) is 9.37 Å². The number of rotatable bonds is 10. The zero-order valence-corrected chi connectivity index (χ0v) is 25.8. The predicted octanol–water partition coefficient (Wildman–Crippen LogP) is 7.33. The van der Waals surface area contributed by atoms with Crippen LogP contribution in [0.4, 0.5) is 11.4 Å². The maximum Gasteiger partial charge on any atom is 0.335 e. The Morgan fingerprint density at radius 2 is 1.58 bits per heavy atom. The van der Waals surface area contributed by atoms with E-state index in [9.17, 15) is 24.3 Å². The van der Waals surface area contributed by atoms with Crippen LogP contribution in [0.2, 0.25) is 5.02 Å². The Labute approximate surface area is 265 Å². The maximum atomic E-state index is 13.3. The first-order valence-corrected chi connectivity index (χ1v) is 14.9. The molecule has 0 aliphatic heterocycles. The van der Waals surface area contributed by atoms with E-state index < -0.39 is 23.0 Å². The molecule has 4 aromatic carbocycles. The number of benzene rings is 4. The molecule has 0 aliphatic rings. The molecule has 0 saturated heterocycles. The highest BCUT2D eigenvalue weighted by Crippen LogP contribution is 2.28. The normalized spacial score (nSPS) is 11.7. The van der Waals surface area contributed by atoms with Crippen LogP contribution in [0.5, 0.6) is 0 Å². The summed E-state index contributed by atoms with van der Waals surface area (Å²) in [7, 11) is 0. The molecule has 4 N–H and O–H groups in total. The van der Waals surface area contributed by atoms with Crippen molar-refractivity contribution in [3.05, 3.63) is 129 Å². The molecule has 0 aliphatic carbocycles. The van der Waals surface area contributed by atoms with E-state index in [-0.39, 0.29) is 27.9 Å². The van der Waals surface area contributed by atoms with Gasteiger partial charge in [0.1, 0.15) is 5.70 Å². The van der Waals surface area contributed by atoms with Crippen LogP contribution in [0.1, 0.15) is 33.2 Å². The van der Waals surface area contributed by atoms with Gasteiger partial charge in [-0.2, -0.15) is 0 Å². The first-order chi connectivity index (χ1) is 20.6. The first kappa shape index (κ1) is 31.6. The molecule has 1 unspecified atom stereocenters. The molecule has 0 radical (unpaired) electrons. The van der Waals surface area contributed by atoms with Crippen molar-refractivity contribution >= 4 is 80.4 Å². The zero-order chi connectivity index (χ0) is 30.9. The summed E-state index contributed by atoms with van der Waals surface area (Å²) in [5, 5.41) is 17.1. The predicted molar refractivity (Wildman–Crippen MR) is 173 cm³/mol. The summed E-state index contributed by atoms with van der Waals surface area (Å²) in [4.78, 5) is 50.9. The lowest BCUT2D eigenvalue weighted by molar-refractivity contribution is -0.115. The van der Waals surface area contributed by atoms with Crippen molar-refractivity contribution in [3.63, 3.8) is 0 Å². The molecule has 3 amide bonds. The Morgan fingerprint density at radius 1 is 0.860 bits per heavy atom. The van der Waals surface area contributed by atoms with Crippen molar-refractivity contribution in [3.8, 4) is 0 Å². The van der Waals surface area contributed by atoms with Gasteiger partial charge in [0.15, 0.2) is 0 Å². The second-order valence-electron chi connectivity index (χ2n) is 9.16. The molecule has 218 valence electrons. The van der Waals surface area contributed by atoms with E-state index in [0.29, 0.717) is 16.8 Å². The number of hydrogen-bond donors (Lipinski definition) is 4. The third-order valence-electron chi connectivity index (χ3n) is 5.95. The summed E-state index contributed by atoms with van der Waals surface area (Å²) in [6, 6.07) is 26.9. The maximum absolute atomic E-state index is 13.3. The lowest BCUT2D eigenvalue weighted by Crippen LogP contribution is -2.30. The van der Waals surface area contributed by atoms with Crippen LogP contribution in [-0.4, -0.2) is 34.0 Å². The smallest absolute Gasteiger partial charge is 0.335 e. The van der Waals surface area contributed by atoms with Gasteiger partial charge in [-0.3, -0.25) is 14.4 Å². The van der Waals surface area contributed by atoms with Gasteiger partial charge in [0.25, 0.3) is 11.8 Å². The van der Waals surface area contributed by atoms with Gasteiger partial charge < -0.3 is 21.1 Å². The third-order valence-corrected chi connectivity index (χ3v) is 7.89. The molecule has 0 bridgehead atoms. The van der Waals surface area contributed by atoms with Crippen LogP contribution in [0.3, 0.4) is 0 Å². The van der Waals surface area contributed by atoms with Crippen LogP contribution < -0.4 is 16.0 Å². The third kappa shape index (κ3) is 9.05. The fraction of sp³-hybridized carbons (Fsp3) is 0.0625. The van der Waals surface area contributed by atoms with Gasteiger partial charge in [-0.25, -0.2) is 4.79 Å². The summed E-state index contributed by atoms with van der Waals surface area (Å²) >= 11 is 10.8. The van der Waals surface area contributed by atoms with Crippen molar-refractivity contribution < 1.29 is 24.3 Å². The van der Waals surface area contributed by atoms with Crippen LogP contribution in [0.25, 0.3) is 6.08 Å². The number of halogens is 2. The van der Waals surface area contributed by atoms with E-state index >= 15 is 0 Å². The Bertz CT molecular complexity index is 1700. The molecule has 4 aromatic rings. The molecular weight excluding hydrogens is 654 g/mol. The van der Waals surface area contributed by atoms with Gasteiger partial charge in [-0.05, 0) is 85.3 Å². The Hall–Kier alpha value is -4.38. The molecule has 0 heterocycles. The Balaban J connectivity index is 1.43. The topological polar surface area (TPSA) is 125 Å². The van der Waals surface area contributed by atoms with Gasteiger partial charge in [0.2, 0.25) is 5.91 Å². The van der Waals surface area contributed by atoms with Crippen molar-refractivity contribution in [2.45, 2.75) is 17.1 Å². The number of carbonyl (C=O) groups excluding carboxylic acids is 3. The number of nitrogens with one attached hydrogen (secondary N) is 3. The number of carbonyl (C=O) groups is 4. The number of hydrogen-bond acceptors (Lipinski definition) is 5. The highest BCUT2D eigenvalue weighted by molar-refractivity contribution is 9.10. The number of amides is 3. The molecule has 0 aromatic heterocycles. The Kier molecular flexibility index (Phi) is 10.8. The molecule has 4 rings (SSSR count). The second kappa shape index (κ2) is 14.7. The van der Waals surface area contributed by atoms with E-state index in [1.807, 2.05) is 24.3 Å². The highest BCUT2D eigenvalue weighted by atomic mass is 79.9. The van der Waals surface area contributed by atoms with Crippen molar-refractivity contribution in [1.82, 2.24) is 5.32 Å². The minimum Gasteiger partial charge on any atom is -0.478 e. The summed E-state index contributed by atoms with van der Waals surface area (Å²) in [6.07, 6.45) is 1.59. The van der Waals surface area contributed by atoms with Gasteiger partial charge in [0, 0.05) is 20.6 Å². The molecule has 0 spiro atoms. The van der Waals surface area contributed by atoms with E-state index in [2.05, 4.69) is 31.9 Å². The largest absolute Gasteiger partial charge is 0.478 e. The Morgan fingerprint density at radius 3 is 2.26 bits per heavy atom. The minimum absolute atomic E-state index is 0.00640. The van der Waals surface area contributed by atoms with E-state index in [1.165, 1.54) is 30.0 Å². The number of carboxylic acid groups (broad SMARTS) is 1. The van der Waals surface area contributed by atoms with E-state index in [4.69, 9.17) is 11.6 Å². The number of carboxylic acids is 1. The fourth-order valence-corrected chi connectivity index (χ4v) is 5.22. The monoisotopic (exact) mass is 677 g/mol. The van der Waals surface area contributed by atoms with Gasteiger partial charge >= 0.3 is 5.97 Å².